The number of aryl methyl sites for hydroxylation is 1. The van der Waals surface area contributed by atoms with Gasteiger partial charge in [0.2, 0.25) is 11.8 Å². The number of piperazine rings is 1. The standard InChI is InChI=1S/C17H28N4O2/c1-14-12-18-16(23-14)13-19-8-10-20(11-9-19)15(2)17(22)21-6-4-3-5-7-21/h12,15H,3-11,13H2,1-2H3/t15-/m1/s1. The van der Waals surface area contributed by atoms with Crippen molar-refractivity contribution < 1.29 is 9.21 Å². The molecule has 3 rings (SSSR count). The minimum Gasteiger partial charge on any atom is -0.445 e. The molecule has 0 N–H and O–H groups in total. The molecule has 6 heteroatoms. The Labute approximate surface area is 138 Å². The lowest BCUT2D eigenvalue weighted by Gasteiger charge is -2.39. The summed E-state index contributed by atoms with van der Waals surface area (Å²) in [6.45, 7) is 10.4. The van der Waals surface area contributed by atoms with Crippen molar-refractivity contribution in [3.05, 3.63) is 17.8 Å². The van der Waals surface area contributed by atoms with Gasteiger partial charge in [0.1, 0.15) is 5.76 Å². The first kappa shape index (κ1) is 16.5. The predicted molar refractivity (Wildman–Crippen MR) is 88.0 cm³/mol. The molecule has 0 unspecified atom stereocenters. The van der Waals surface area contributed by atoms with E-state index in [0.717, 1.165) is 70.3 Å². The van der Waals surface area contributed by atoms with E-state index in [1.807, 2.05) is 6.92 Å². The van der Waals surface area contributed by atoms with E-state index in [1.54, 1.807) is 6.20 Å². The number of amides is 1. The van der Waals surface area contributed by atoms with Gasteiger partial charge in [0.25, 0.3) is 0 Å². The summed E-state index contributed by atoms with van der Waals surface area (Å²) in [7, 11) is 0. The molecule has 2 aliphatic rings. The Hall–Kier alpha value is -1.40. The number of hydrogen-bond donors (Lipinski definition) is 0. The Morgan fingerprint density at radius 3 is 2.48 bits per heavy atom. The summed E-state index contributed by atoms with van der Waals surface area (Å²) >= 11 is 0. The molecule has 1 amide bonds. The largest absolute Gasteiger partial charge is 0.445 e. The van der Waals surface area contributed by atoms with Gasteiger partial charge in [-0.05, 0) is 33.1 Å². The van der Waals surface area contributed by atoms with Crippen molar-refractivity contribution in [2.24, 2.45) is 0 Å². The van der Waals surface area contributed by atoms with E-state index in [-0.39, 0.29) is 6.04 Å². The number of oxazole rings is 1. The van der Waals surface area contributed by atoms with E-state index in [1.165, 1.54) is 6.42 Å². The summed E-state index contributed by atoms with van der Waals surface area (Å²) in [5.41, 5.74) is 0. The molecule has 2 saturated heterocycles. The van der Waals surface area contributed by atoms with Gasteiger partial charge in [0.15, 0.2) is 0 Å². The van der Waals surface area contributed by atoms with Gasteiger partial charge < -0.3 is 9.32 Å². The molecule has 0 aromatic carbocycles. The van der Waals surface area contributed by atoms with Crippen LogP contribution in [0.25, 0.3) is 0 Å². The van der Waals surface area contributed by atoms with E-state index < -0.39 is 0 Å². The van der Waals surface area contributed by atoms with Crippen LogP contribution in [-0.2, 0) is 11.3 Å². The van der Waals surface area contributed by atoms with Crippen LogP contribution >= 0.6 is 0 Å². The average molecular weight is 320 g/mol. The van der Waals surface area contributed by atoms with Crippen LogP contribution < -0.4 is 0 Å². The topological polar surface area (TPSA) is 52.8 Å². The van der Waals surface area contributed by atoms with Crippen molar-refractivity contribution in [3.8, 4) is 0 Å². The monoisotopic (exact) mass is 320 g/mol. The van der Waals surface area contributed by atoms with Crippen molar-refractivity contribution >= 4 is 5.91 Å². The van der Waals surface area contributed by atoms with Crippen molar-refractivity contribution in [2.45, 2.75) is 45.7 Å². The predicted octanol–water partition coefficient (Wildman–Crippen LogP) is 1.50. The fourth-order valence-corrected chi connectivity index (χ4v) is 3.51. The number of hydrogen-bond acceptors (Lipinski definition) is 5. The molecule has 128 valence electrons. The molecule has 1 aromatic heterocycles. The second kappa shape index (κ2) is 7.45. The molecule has 6 nitrogen and oxygen atoms in total. The maximum Gasteiger partial charge on any atom is 0.239 e. The van der Waals surface area contributed by atoms with Crippen LogP contribution in [0.5, 0.6) is 0 Å². The number of aromatic nitrogens is 1. The molecule has 0 spiro atoms. The second-order valence-corrected chi connectivity index (χ2v) is 6.74. The molecule has 0 radical (unpaired) electrons. The Kier molecular flexibility index (Phi) is 5.33. The number of rotatable bonds is 4. The maximum absolute atomic E-state index is 12.6. The minimum atomic E-state index is -0.000711. The normalized spacial score (nSPS) is 22.3. The zero-order valence-electron chi connectivity index (χ0n) is 14.3. The highest BCUT2D eigenvalue weighted by atomic mass is 16.4. The number of likely N-dealkylation sites (tertiary alicyclic amines) is 1. The first-order valence-electron chi connectivity index (χ1n) is 8.80. The van der Waals surface area contributed by atoms with Crippen LogP contribution in [0.2, 0.25) is 0 Å². The molecule has 2 aliphatic heterocycles. The quantitative estimate of drug-likeness (QED) is 0.841. The molecule has 1 aromatic rings. The summed E-state index contributed by atoms with van der Waals surface area (Å²) in [6, 6.07) is -0.000711. The van der Waals surface area contributed by atoms with Gasteiger partial charge in [0, 0.05) is 39.3 Å². The second-order valence-electron chi connectivity index (χ2n) is 6.74. The van der Waals surface area contributed by atoms with Gasteiger partial charge in [-0.3, -0.25) is 14.6 Å². The van der Waals surface area contributed by atoms with Crippen molar-refractivity contribution in [1.82, 2.24) is 19.7 Å². The fraction of sp³-hybridized carbons (Fsp3) is 0.765. The first-order chi connectivity index (χ1) is 11.1. The van der Waals surface area contributed by atoms with E-state index in [4.69, 9.17) is 4.42 Å². The molecule has 1 atom stereocenters. The molecule has 23 heavy (non-hydrogen) atoms. The van der Waals surface area contributed by atoms with Crippen LogP contribution in [0.15, 0.2) is 10.6 Å². The van der Waals surface area contributed by atoms with Gasteiger partial charge >= 0.3 is 0 Å². The summed E-state index contributed by atoms with van der Waals surface area (Å²) < 4.78 is 5.55. The number of carbonyl (C=O) groups excluding carboxylic acids is 1. The number of piperidine rings is 1. The van der Waals surface area contributed by atoms with Gasteiger partial charge in [-0.2, -0.15) is 0 Å². The van der Waals surface area contributed by atoms with Gasteiger partial charge in [0.05, 0.1) is 18.8 Å². The first-order valence-corrected chi connectivity index (χ1v) is 8.80. The lowest BCUT2D eigenvalue weighted by Crippen LogP contribution is -2.54. The molecular weight excluding hydrogens is 292 g/mol. The third-order valence-electron chi connectivity index (χ3n) is 5.01. The molecule has 2 fully saturated rings. The van der Waals surface area contributed by atoms with Gasteiger partial charge in [-0.25, -0.2) is 4.98 Å². The molecular formula is C17H28N4O2. The van der Waals surface area contributed by atoms with Crippen LogP contribution in [0.3, 0.4) is 0 Å². The fourth-order valence-electron chi connectivity index (χ4n) is 3.51. The van der Waals surface area contributed by atoms with Crippen molar-refractivity contribution in [1.29, 1.82) is 0 Å². The summed E-state index contributed by atoms with van der Waals surface area (Å²) in [5, 5.41) is 0. The Morgan fingerprint density at radius 2 is 1.87 bits per heavy atom. The minimum absolute atomic E-state index is 0.000711. The SMILES string of the molecule is Cc1cnc(CN2CCN([C@H](C)C(=O)N3CCCCC3)CC2)o1. The highest BCUT2D eigenvalue weighted by Crippen LogP contribution is 2.15. The highest BCUT2D eigenvalue weighted by Gasteiger charge is 2.29. The molecule has 0 bridgehead atoms. The maximum atomic E-state index is 12.6. The van der Waals surface area contributed by atoms with E-state index in [2.05, 4.69) is 26.6 Å². The highest BCUT2D eigenvalue weighted by molar-refractivity contribution is 5.81. The van der Waals surface area contributed by atoms with Gasteiger partial charge in [-0.15, -0.1) is 0 Å². The zero-order chi connectivity index (χ0) is 16.2. The van der Waals surface area contributed by atoms with Crippen molar-refractivity contribution in [2.75, 3.05) is 39.3 Å². The van der Waals surface area contributed by atoms with Crippen LogP contribution in [0.4, 0.5) is 0 Å². The summed E-state index contributed by atoms with van der Waals surface area (Å²) in [4.78, 5) is 23.6. The number of carbonyl (C=O) groups is 1. The van der Waals surface area contributed by atoms with E-state index in [9.17, 15) is 4.79 Å². The smallest absolute Gasteiger partial charge is 0.239 e. The zero-order valence-corrected chi connectivity index (χ0v) is 14.3. The Morgan fingerprint density at radius 1 is 1.17 bits per heavy atom. The van der Waals surface area contributed by atoms with E-state index >= 15 is 0 Å². The average Bonchev–Trinajstić information content (AvgIpc) is 3.00. The Balaban J connectivity index is 1.46. The molecule has 3 heterocycles. The van der Waals surface area contributed by atoms with Gasteiger partial charge in [-0.1, -0.05) is 0 Å². The molecule has 0 saturated carbocycles. The van der Waals surface area contributed by atoms with Crippen molar-refractivity contribution in [3.63, 3.8) is 0 Å². The lowest BCUT2D eigenvalue weighted by molar-refractivity contribution is -0.138. The molecule has 0 aliphatic carbocycles. The summed E-state index contributed by atoms with van der Waals surface area (Å²) in [6.07, 6.45) is 5.34. The summed E-state index contributed by atoms with van der Waals surface area (Å²) in [5.74, 6) is 1.95. The lowest BCUT2D eigenvalue weighted by atomic mass is 10.1. The number of nitrogens with zero attached hydrogens (tertiary/aromatic N) is 4. The van der Waals surface area contributed by atoms with Crippen LogP contribution in [0, 0.1) is 6.92 Å². The van der Waals surface area contributed by atoms with E-state index in [0.29, 0.717) is 5.91 Å². The van der Waals surface area contributed by atoms with Crippen LogP contribution in [-0.4, -0.2) is 70.9 Å². The Bertz CT molecular complexity index is 516. The third-order valence-corrected chi connectivity index (χ3v) is 5.01. The third kappa shape index (κ3) is 4.12. The van der Waals surface area contributed by atoms with Crippen LogP contribution in [0.1, 0.15) is 37.8 Å².